The highest BCUT2D eigenvalue weighted by Gasteiger charge is 2.31. The fraction of sp³-hybridized carbons (Fsp3) is 0.111. The Hall–Kier alpha value is -2.88. The van der Waals surface area contributed by atoms with Gasteiger partial charge in [0.15, 0.2) is 0 Å². The van der Waals surface area contributed by atoms with Gasteiger partial charge in [-0.15, -0.1) is 11.3 Å². The van der Waals surface area contributed by atoms with Gasteiger partial charge in [0.1, 0.15) is 10.7 Å². The van der Waals surface area contributed by atoms with E-state index in [0.29, 0.717) is 0 Å². The minimum Gasteiger partial charge on any atom is -0.321 e. The van der Waals surface area contributed by atoms with Crippen LogP contribution in [-0.2, 0) is 12.4 Å². The number of hydrogen-bond acceptors (Lipinski definition) is 3. The maximum atomic E-state index is 12.8. The lowest BCUT2D eigenvalue weighted by Crippen LogP contribution is -2.13. The largest absolute Gasteiger partial charge is 0.416 e. The molecule has 0 saturated heterocycles. The third-order valence-electron chi connectivity index (χ3n) is 3.62. The Morgan fingerprint density at radius 3 is 2.14 bits per heavy atom. The zero-order chi connectivity index (χ0) is 20.5. The molecule has 0 aliphatic heterocycles. The van der Waals surface area contributed by atoms with Gasteiger partial charge in [0.05, 0.1) is 11.1 Å². The van der Waals surface area contributed by atoms with E-state index in [1.165, 1.54) is 23.6 Å². The average Bonchev–Trinajstić information content (AvgIpc) is 3.11. The highest BCUT2D eigenvalue weighted by atomic mass is 32.1. The summed E-state index contributed by atoms with van der Waals surface area (Å²) in [5.41, 5.74) is -1.79. The summed E-state index contributed by atoms with van der Waals surface area (Å²) < 4.78 is 76.6. The SMILES string of the molecule is O=C(Nc1cccc(C(F)(F)F)c1)c1csc(-c2cccc(C(F)(F)F)c2)n1. The van der Waals surface area contributed by atoms with Gasteiger partial charge in [0, 0.05) is 16.6 Å². The number of amides is 1. The number of alkyl halides is 6. The van der Waals surface area contributed by atoms with E-state index >= 15 is 0 Å². The van der Waals surface area contributed by atoms with Gasteiger partial charge in [-0.05, 0) is 30.3 Å². The minimum atomic E-state index is -4.56. The number of nitrogens with one attached hydrogen (secondary N) is 1. The number of hydrogen-bond donors (Lipinski definition) is 1. The lowest BCUT2D eigenvalue weighted by molar-refractivity contribution is -0.138. The topological polar surface area (TPSA) is 42.0 Å². The predicted octanol–water partition coefficient (Wildman–Crippen LogP) is 6.10. The smallest absolute Gasteiger partial charge is 0.321 e. The minimum absolute atomic E-state index is 0.0755. The highest BCUT2D eigenvalue weighted by Crippen LogP contribution is 2.33. The number of nitrogens with zero attached hydrogens (tertiary/aromatic N) is 1. The summed E-state index contributed by atoms with van der Waals surface area (Å²) in [7, 11) is 0. The van der Waals surface area contributed by atoms with Gasteiger partial charge in [0.25, 0.3) is 5.91 Å². The molecular formula is C18H10F6N2OS. The van der Waals surface area contributed by atoms with Crippen LogP contribution in [-0.4, -0.2) is 10.9 Å². The predicted molar refractivity (Wildman–Crippen MR) is 91.9 cm³/mol. The number of halogens is 6. The van der Waals surface area contributed by atoms with E-state index in [0.717, 1.165) is 41.7 Å². The molecule has 0 aliphatic rings. The van der Waals surface area contributed by atoms with Crippen molar-refractivity contribution in [1.82, 2.24) is 4.98 Å². The summed E-state index contributed by atoms with van der Waals surface area (Å²) in [6.45, 7) is 0. The van der Waals surface area contributed by atoms with Gasteiger partial charge in [-0.25, -0.2) is 4.98 Å². The second kappa shape index (κ2) is 7.27. The molecule has 2 aromatic carbocycles. The fourth-order valence-electron chi connectivity index (χ4n) is 2.31. The van der Waals surface area contributed by atoms with Crippen LogP contribution in [0, 0.1) is 0 Å². The zero-order valence-electron chi connectivity index (χ0n) is 13.7. The van der Waals surface area contributed by atoms with Crippen LogP contribution < -0.4 is 5.32 Å². The molecule has 3 aromatic rings. The Morgan fingerprint density at radius 2 is 1.50 bits per heavy atom. The maximum Gasteiger partial charge on any atom is 0.416 e. The standard InChI is InChI=1S/C18H10F6N2OS/c19-17(20,21)11-4-1-3-10(7-11)16-26-14(9-28-16)15(27)25-13-6-2-5-12(8-13)18(22,23)24/h1-9H,(H,25,27). The normalized spacial score (nSPS) is 12.1. The van der Waals surface area contributed by atoms with Crippen LogP contribution in [0.4, 0.5) is 32.0 Å². The van der Waals surface area contributed by atoms with Crippen LogP contribution in [0.2, 0.25) is 0 Å². The summed E-state index contributed by atoms with van der Waals surface area (Å²) in [5.74, 6) is -0.770. The summed E-state index contributed by atoms with van der Waals surface area (Å²) in [4.78, 5) is 16.2. The zero-order valence-corrected chi connectivity index (χ0v) is 14.5. The second-order valence-corrected chi connectivity index (χ2v) is 6.51. The quantitative estimate of drug-likeness (QED) is 0.524. The van der Waals surface area contributed by atoms with Crippen LogP contribution in [0.25, 0.3) is 10.6 Å². The first-order chi connectivity index (χ1) is 13.0. The van der Waals surface area contributed by atoms with Gasteiger partial charge >= 0.3 is 12.4 Å². The molecule has 28 heavy (non-hydrogen) atoms. The number of thiazole rings is 1. The average molecular weight is 416 g/mol. The van der Waals surface area contributed by atoms with E-state index in [9.17, 15) is 31.1 Å². The fourth-order valence-corrected chi connectivity index (χ4v) is 3.10. The van der Waals surface area contributed by atoms with Crippen LogP contribution in [0.15, 0.2) is 53.9 Å². The van der Waals surface area contributed by atoms with Gasteiger partial charge in [0.2, 0.25) is 0 Å². The molecule has 10 heteroatoms. The molecule has 1 N–H and O–H groups in total. The molecule has 0 radical (unpaired) electrons. The van der Waals surface area contributed by atoms with E-state index in [4.69, 9.17) is 0 Å². The van der Waals surface area contributed by atoms with E-state index in [2.05, 4.69) is 10.3 Å². The Morgan fingerprint density at radius 1 is 0.893 bits per heavy atom. The molecule has 0 saturated carbocycles. The van der Waals surface area contributed by atoms with Gasteiger partial charge in [-0.1, -0.05) is 18.2 Å². The second-order valence-electron chi connectivity index (χ2n) is 5.65. The van der Waals surface area contributed by atoms with E-state index in [1.807, 2.05) is 0 Å². The number of rotatable bonds is 3. The van der Waals surface area contributed by atoms with Gasteiger partial charge in [-0.2, -0.15) is 26.3 Å². The molecule has 1 aromatic heterocycles. The molecule has 0 unspecified atom stereocenters. The van der Waals surface area contributed by atoms with E-state index < -0.39 is 29.4 Å². The monoisotopic (exact) mass is 416 g/mol. The molecule has 146 valence electrons. The Bertz CT molecular complexity index is 1010. The molecule has 0 spiro atoms. The molecule has 0 fully saturated rings. The Balaban J connectivity index is 1.80. The van der Waals surface area contributed by atoms with Crippen LogP contribution in [0.3, 0.4) is 0 Å². The third kappa shape index (κ3) is 4.50. The van der Waals surface area contributed by atoms with Crippen molar-refractivity contribution in [2.45, 2.75) is 12.4 Å². The van der Waals surface area contributed by atoms with Crippen molar-refractivity contribution in [1.29, 1.82) is 0 Å². The van der Waals surface area contributed by atoms with E-state index in [-0.39, 0.29) is 22.0 Å². The number of carbonyl (C=O) groups excluding carboxylic acids is 1. The highest BCUT2D eigenvalue weighted by molar-refractivity contribution is 7.13. The van der Waals surface area contributed by atoms with Gasteiger partial charge in [-0.3, -0.25) is 4.79 Å². The number of benzene rings is 2. The summed E-state index contributed by atoms with van der Waals surface area (Å²) in [6.07, 6.45) is -9.07. The van der Waals surface area contributed by atoms with Crippen molar-refractivity contribution in [3.63, 3.8) is 0 Å². The molecule has 0 atom stereocenters. The summed E-state index contributed by atoms with van der Waals surface area (Å²) in [5, 5.41) is 3.80. The van der Waals surface area contributed by atoms with Crippen molar-refractivity contribution in [3.05, 3.63) is 70.7 Å². The Kier molecular flexibility index (Phi) is 5.16. The van der Waals surface area contributed by atoms with Crippen molar-refractivity contribution < 1.29 is 31.1 Å². The first kappa shape index (κ1) is 19.9. The molecular weight excluding hydrogens is 406 g/mol. The number of carbonyl (C=O) groups is 1. The molecule has 3 nitrogen and oxygen atoms in total. The lowest BCUT2D eigenvalue weighted by atomic mass is 10.1. The van der Waals surface area contributed by atoms with Crippen molar-refractivity contribution in [2.75, 3.05) is 5.32 Å². The van der Waals surface area contributed by atoms with Crippen molar-refractivity contribution in [3.8, 4) is 10.6 Å². The van der Waals surface area contributed by atoms with Crippen molar-refractivity contribution >= 4 is 22.9 Å². The third-order valence-corrected chi connectivity index (χ3v) is 4.51. The molecule has 3 rings (SSSR count). The van der Waals surface area contributed by atoms with Crippen LogP contribution in [0.5, 0.6) is 0 Å². The first-order valence-corrected chi connectivity index (χ1v) is 8.54. The number of anilines is 1. The molecule has 1 amide bonds. The molecule has 0 bridgehead atoms. The maximum absolute atomic E-state index is 12.8. The van der Waals surface area contributed by atoms with Gasteiger partial charge < -0.3 is 5.32 Å². The van der Waals surface area contributed by atoms with Crippen LogP contribution in [0.1, 0.15) is 21.6 Å². The summed E-state index contributed by atoms with van der Waals surface area (Å²) >= 11 is 0.949. The summed E-state index contributed by atoms with van der Waals surface area (Å²) in [6, 6.07) is 8.54. The molecule has 0 aliphatic carbocycles. The molecule has 1 heterocycles. The van der Waals surface area contributed by atoms with Crippen molar-refractivity contribution in [2.24, 2.45) is 0 Å². The first-order valence-electron chi connectivity index (χ1n) is 7.66. The lowest BCUT2D eigenvalue weighted by Gasteiger charge is -2.09. The van der Waals surface area contributed by atoms with E-state index in [1.54, 1.807) is 0 Å². The number of aromatic nitrogens is 1. The van der Waals surface area contributed by atoms with Crippen LogP contribution >= 0.6 is 11.3 Å². The Labute approximate surface area is 158 Å².